The highest BCUT2D eigenvalue weighted by atomic mass is 19.4. The number of hydrazine groups is 1. The van der Waals surface area contributed by atoms with E-state index in [1.54, 1.807) is 6.07 Å². The highest BCUT2D eigenvalue weighted by molar-refractivity contribution is 5.31. The summed E-state index contributed by atoms with van der Waals surface area (Å²) in [5.74, 6) is 5.61. The van der Waals surface area contributed by atoms with Crippen molar-refractivity contribution in [1.82, 2.24) is 10.3 Å². The van der Waals surface area contributed by atoms with Gasteiger partial charge in [0.15, 0.2) is 11.6 Å². The Balaban J connectivity index is 0.00000199. The fraction of sp³-hybridized carbons (Fsp3) is 0.417. The van der Waals surface area contributed by atoms with E-state index in [0.717, 1.165) is 12.1 Å². The summed E-state index contributed by atoms with van der Waals surface area (Å²) in [5, 5.41) is 15.6. The summed E-state index contributed by atoms with van der Waals surface area (Å²) in [6.45, 7) is 4.59. The molecule has 2 atom stereocenters. The van der Waals surface area contributed by atoms with Crippen molar-refractivity contribution in [3.05, 3.63) is 76.9 Å². The van der Waals surface area contributed by atoms with Gasteiger partial charge in [0.1, 0.15) is 0 Å². The molecule has 1 saturated heterocycles. The van der Waals surface area contributed by atoms with Gasteiger partial charge in [-0.25, -0.2) is 10.2 Å². The molecule has 0 radical (unpaired) electrons. The second kappa shape index (κ2) is 11.5. The molecular weight excluding hydrogens is 452 g/mol. The topological polar surface area (TPSA) is 96.8 Å². The molecule has 0 amide bonds. The lowest BCUT2D eigenvalue weighted by molar-refractivity contribution is -0.137. The Morgan fingerprint density at radius 1 is 1.24 bits per heavy atom. The van der Waals surface area contributed by atoms with Crippen LogP contribution in [0.1, 0.15) is 43.4 Å². The van der Waals surface area contributed by atoms with Gasteiger partial charge in [-0.3, -0.25) is 0 Å². The van der Waals surface area contributed by atoms with Gasteiger partial charge in [-0.05, 0) is 48.4 Å². The summed E-state index contributed by atoms with van der Waals surface area (Å²) < 4.78 is 57.2. The van der Waals surface area contributed by atoms with Crippen LogP contribution in [0.2, 0.25) is 0 Å². The Morgan fingerprint density at radius 2 is 1.88 bits per heavy atom. The van der Waals surface area contributed by atoms with Crippen molar-refractivity contribution in [2.75, 3.05) is 13.7 Å². The fourth-order valence-corrected chi connectivity index (χ4v) is 3.78. The summed E-state index contributed by atoms with van der Waals surface area (Å²) in [4.78, 5) is 0. The molecule has 6 nitrogen and oxygen atoms in total. The summed E-state index contributed by atoms with van der Waals surface area (Å²) in [7, 11) is 1.37. The largest absolute Gasteiger partial charge is 0.494 e. The Bertz CT molecular complexity index is 966. The van der Waals surface area contributed by atoms with Gasteiger partial charge in [-0.2, -0.15) is 13.2 Å². The number of nitrogens with two attached hydrogens (primary N) is 2. The monoisotopic (exact) mass is 484 g/mol. The van der Waals surface area contributed by atoms with E-state index < -0.39 is 29.2 Å². The van der Waals surface area contributed by atoms with E-state index in [1.807, 2.05) is 13.8 Å². The molecule has 3 rings (SSSR count). The molecule has 0 aliphatic carbocycles. The number of hydrogen-bond donors (Lipinski definition) is 4. The van der Waals surface area contributed by atoms with Gasteiger partial charge in [0, 0.05) is 18.3 Å². The number of methoxy groups -OCH3 is 1. The highest BCUT2D eigenvalue weighted by Gasteiger charge is 2.38. The van der Waals surface area contributed by atoms with Gasteiger partial charge >= 0.3 is 6.18 Å². The minimum absolute atomic E-state index is 0.126. The van der Waals surface area contributed by atoms with Crippen LogP contribution in [-0.4, -0.2) is 29.8 Å². The lowest BCUT2D eigenvalue weighted by atomic mass is 9.81. The molecule has 1 aliphatic heterocycles. The van der Waals surface area contributed by atoms with Gasteiger partial charge in [0.2, 0.25) is 0 Å². The highest BCUT2D eigenvalue weighted by Crippen LogP contribution is 2.36. The Kier molecular flexibility index (Phi) is 9.31. The van der Waals surface area contributed by atoms with Gasteiger partial charge in [0.05, 0.1) is 30.9 Å². The van der Waals surface area contributed by atoms with Crippen LogP contribution < -0.4 is 21.6 Å². The summed E-state index contributed by atoms with van der Waals surface area (Å²) in [6, 6.07) is 8.53. The number of ether oxygens (including phenoxy) is 1. The maximum absolute atomic E-state index is 13.9. The van der Waals surface area contributed by atoms with Crippen LogP contribution in [0.5, 0.6) is 5.75 Å². The Labute approximate surface area is 197 Å². The molecule has 0 spiro atoms. The number of aliphatic hydroxyl groups is 1. The average Bonchev–Trinajstić information content (AvgIpc) is 2.80. The first kappa shape index (κ1) is 27.4. The normalized spacial score (nSPS) is 20.9. The minimum atomic E-state index is -4.44. The molecule has 1 aliphatic rings. The molecule has 188 valence electrons. The van der Waals surface area contributed by atoms with Crippen molar-refractivity contribution in [3.8, 4) is 5.75 Å². The standard InChI is InChI=1S/C22H26F4N4O2.C2H6/c1-32-20-7-2-14(10-17(20)23)12-30(28)13-18(27)19-11-21(31,8-9-29-19)15-3-5-16(6-4-15)22(24,25)26;1-2/h2-7,10,13,19,29,31H,8-9,11-12,27-28H2,1H3;1-2H3/b18-13-;/t19-,21?;/m0./s1. The zero-order chi connectivity index (χ0) is 25.5. The van der Waals surface area contributed by atoms with Crippen LogP contribution in [-0.2, 0) is 18.3 Å². The molecule has 2 aromatic rings. The predicted molar refractivity (Wildman–Crippen MR) is 123 cm³/mol. The number of alkyl halides is 3. The van der Waals surface area contributed by atoms with E-state index in [0.29, 0.717) is 29.8 Å². The predicted octanol–water partition coefficient (Wildman–Crippen LogP) is 3.99. The van der Waals surface area contributed by atoms with Crippen LogP contribution in [0.15, 0.2) is 54.4 Å². The summed E-state index contributed by atoms with van der Waals surface area (Å²) in [6.07, 6.45) is -2.48. The maximum Gasteiger partial charge on any atom is 0.416 e. The molecule has 0 saturated carbocycles. The number of nitrogens with zero attached hydrogens (tertiary/aromatic N) is 1. The molecule has 34 heavy (non-hydrogen) atoms. The van der Waals surface area contributed by atoms with Gasteiger partial charge in [-0.1, -0.05) is 32.0 Å². The van der Waals surface area contributed by atoms with Crippen LogP contribution in [0.4, 0.5) is 17.6 Å². The fourth-order valence-electron chi connectivity index (χ4n) is 3.78. The van der Waals surface area contributed by atoms with E-state index >= 15 is 0 Å². The smallest absolute Gasteiger partial charge is 0.416 e. The van der Waals surface area contributed by atoms with Crippen molar-refractivity contribution in [2.24, 2.45) is 11.6 Å². The number of hydrogen-bond acceptors (Lipinski definition) is 6. The average molecular weight is 485 g/mol. The van der Waals surface area contributed by atoms with Gasteiger partial charge in [-0.15, -0.1) is 0 Å². The third-order valence-electron chi connectivity index (χ3n) is 5.52. The number of piperidine rings is 1. The quantitative estimate of drug-likeness (QED) is 0.281. The number of nitrogens with one attached hydrogen (secondary N) is 1. The number of rotatable bonds is 6. The summed E-state index contributed by atoms with van der Waals surface area (Å²) >= 11 is 0. The first-order valence-electron chi connectivity index (χ1n) is 11.0. The van der Waals surface area contributed by atoms with Crippen LogP contribution in [0.3, 0.4) is 0 Å². The van der Waals surface area contributed by atoms with E-state index in [4.69, 9.17) is 16.3 Å². The molecule has 1 fully saturated rings. The molecular formula is C24H32F4N4O2. The SMILES string of the molecule is CC.COc1ccc(CN(N)/C=C(\N)[C@@H]2CC(O)(c3ccc(C(F)(F)F)cc3)CCN2)cc1F. The van der Waals surface area contributed by atoms with Gasteiger partial charge in [0.25, 0.3) is 0 Å². The zero-order valence-electron chi connectivity index (χ0n) is 19.5. The molecule has 6 N–H and O–H groups in total. The second-order valence-corrected chi connectivity index (χ2v) is 7.84. The van der Waals surface area contributed by atoms with Crippen LogP contribution in [0, 0.1) is 5.82 Å². The molecule has 1 heterocycles. The van der Waals surface area contributed by atoms with Crippen molar-refractivity contribution in [3.63, 3.8) is 0 Å². The molecule has 2 aromatic carbocycles. The van der Waals surface area contributed by atoms with E-state index in [-0.39, 0.29) is 18.7 Å². The van der Waals surface area contributed by atoms with Crippen LogP contribution in [0.25, 0.3) is 0 Å². The van der Waals surface area contributed by atoms with E-state index in [9.17, 15) is 22.7 Å². The van der Waals surface area contributed by atoms with Crippen LogP contribution >= 0.6 is 0 Å². The molecule has 1 unspecified atom stereocenters. The third-order valence-corrected chi connectivity index (χ3v) is 5.52. The van der Waals surface area contributed by atoms with Gasteiger partial charge < -0.3 is 25.9 Å². The van der Waals surface area contributed by atoms with Crippen molar-refractivity contribution < 1.29 is 27.4 Å². The first-order chi connectivity index (χ1) is 16.0. The lowest BCUT2D eigenvalue weighted by Crippen LogP contribution is -2.49. The zero-order valence-corrected chi connectivity index (χ0v) is 19.5. The Morgan fingerprint density at radius 3 is 2.44 bits per heavy atom. The number of halogens is 4. The second-order valence-electron chi connectivity index (χ2n) is 7.84. The number of benzene rings is 2. The van der Waals surface area contributed by atoms with Crippen molar-refractivity contribution in [2.45, 2.75) is 51.1 Å². The van der Waals surface area contributed by atoms with E-state index in [1.165, 1.54) is 42.6 Å². The van der Waals surface area contributed by atoms with Crippen molar-refractivity contribution >= 4 is 0 Å². The van der Waals surface area contributed by atoms with E-state index in [2.05, 4.69) is 5.32 Å². The summed E-state index contributed by atoms with van der Waals surface area (Å²) in [5.41, 5.74) is 5.41. The molecule has 0 bridgehead atoms. The third kappa shape index (κ3) is 6.85. The van der Waals surface area contributed by atoms with Crippen molar-refractivity contribution in [1.29, 1.82) is 0 Å². The molecule has 10 heteroatoms. The minimum Gasteiger partial charge on any atom is -0.494 e. The maximum atomic E-state index is 13.9. The molecule has 0 aromatic heterocycles. The lowest BCUT2D eigenvalue weighted by Gasteiger charge is -2.38. The first-order valence-corrected chi connectivity index (χ1v) is 11.0. The Hall–Kier alpha value is -2.82.